The predicted molar refractivity (Wildman–Crippen MR) is 131 cm³/mol. The Morgan fingerprint density at radius 1 is 1.37 bits per heavy atom. The number of hydrogen-bond acceptors (Lipinski definition) is 11. The highest BCUT2D eigenvalue weighted by Gasteiger charge is 2.56. The number of aliphatic hydroxyl groups excluding tert-OH is 2. The van der Waals surface area contributed by atoms with Gasteiger partial charge in [0, 0.05) is 0 Å². The van der Waals surface area contributed by atoms with E-state index >= 15 is 0 Å². The molecule has 1 aromatic carbocycles. The smallest absolute Gasteiger partial charge is 0.459 e. The van der Waals surface area contributed by atoms with E-state index in [1.807, 2.05) is 0 Å². The summed E-state index contributed by atoms with van der Waals surface area (Å²) >= 11 is 0. The number of ether oxygens (including phenoxy) is 2. The van der Waals surface area contributed by atoms with E-state index in [-0.39, 0.29) is 5.75 Å². The van der Waals surface area contributed by atoms with Crippen LogP contribution >= 0.6 is 7.75 Å². The number of esters is 1. The van der Waals surface area contributed by atoms with Crippen LogP contribution in [0.4, 0.5) is 10.2 Å². The van der Waals surface area contributed by atoms with Gasteiger partial charge in [-0.25, -0.2) is 13.8 Å². The number of nitrogens with two attached hydrogens (primary N) is 1. The molecule has 206 valence electrons. The van der Waals surface area contributed by atoms with E-state index < -0.39 is 73.8 Å². The minimum absolute atomic E-state index is 0.100. The third-order valence-corrected chi connectivity index (χ3v) is 6.98. The Hall–Kier alpha value is -3.31. The Morgan fingerprint density at radius 2 is 2.03 bits per heavy atom. The molecule has 0 amide bonds. The predicted octanol–water partition coefficient (Wildman–Crippen LogP) is 0.721. The second kappa shape index (κ2) is 11.6. The molecule has 1 fully saturated rings. The van der Waals surface area contributed by atoms with Gasteiger partial charge in [0.05, 0.1) is 12.3 Å². The van der Waals surface area contributed by atoms with Crippen LogP contribution in [0, 0.1) is 18.2 Å². The number of aliphatic hydroxyl groups is 2. The molecule has 2 unspecified atom stereocenters. The highest BCUT2D eigenvalue weighted by atomic mass is 31.2. The van der Waals surface area contributed by atoms with Crippen LogP contribution in [0.1, 0.15) is 27.0 Å². The van der Waals surface area contributed by atoms with E-state index in [2.05, 4.69) is 16.0 Å². The normalized spacial score (nSPS) is 25.4. The minimum Gasteiger partial charge on any atom is -0.462 e. The Morgan fingerprint density at radius 3 is 2.63 bits per heavy atom. The fourth-order valence-corrected chi connectivity index (χ4v) is 4.96. The van der Waals surface area contributed by atoms with Gasteiger partial charge < -0.3 is 29.9 Å². The zero-order valence-electron chi connectivity index (χ0n) is 20.7. The molecule has 1 saturated heterocycles. The lowest BCUT2D eigenvalue weighted by Crippen LogP contribution is -2.46. The molecule has 2 heterocycles. The number of nitrogens with one attached hydrogen (secondary N) is 1. The Labute approximate surface area is 217 Å². The molecule has 1 aromatic heterocycles. The summed E-state index contributed by atoms with van der Waals surface area (Å²) in [5.74, 6) is -0.285. The van der Waals surface area contributed by atoms with Gasteiger partial charge >= 0.3 is 19.4 Å². The van der Waals surface area contributed by atoms with E-state index in [0.717, 1.165) is 0 Å². The number of rotatable bonds is 10. The molecule has 0 aliphatic carbocycles. The maximum Gasteiger partial charge on any atom is 0.459 e. The SMILES string of the molecule is C#C[C@]1(CO[P@@](=O)(N[C@@H](C)C(=O)OC(C)C)Oc2ccccc2)O[C@@H](n2cc(F)c(N)nc2=O)C(O)C1O. The van der Waals surface area contributed by atoms with Gasteiger partial charge in [0.15, 0.2) is 23.5 Å². The molecule has 6 atom stereocenters. The van der Waals surface area contributed by atoms with Crippen molar-refractivity contribution in [1.82, 2.24) is 14.6 Å². The van der Waals surface area contributed by atoms with Gasteiger partial charge in [0.25, 0.3) is 0 Å². The van der Waals surface area contributed by atoms with Crippen LogP contribution in [0.2, 0.25) is 0 Å². The first-order valence-corrected chi connectivity index (χ1v) is 12.9. The number of nitrogens with zero attached hydrogens (tertiary/aromatic N) is 2. The fraction of sp³-hybridized carbons (Fsp3) is 0.435. The average molecular weight is 554 g/mol. The Balaban J connectivity index is 1.88. The molecule has 3 rings (SSSR count). The quantitative estimate of drug-likeness (QED) is 0.184. The van der Waals surface area contributed by atoms with Crippen LogP contribution in [-0.4, -0.2) is 62.3 Å². The van der Waals surface area contributed by atoms with Crippen LogP contribution < -0.4 is 21.0 Å². The van der Waals surface area contributed by atoms with Crippen LogP contribution in [-0.2, 0) is 23.4 Å². The summed E-state index contributed by atoms with van der Waals surface area (Å²) < 4.78 is 50.0. The van der Waals surface area contributed by atoms with E-state index in [9.17, 15) is 28.8 Å². The molecular weight excluding hydrogens is 526 g/mol. The van der Waals surface area contributed by atoms with Crippen molar-refractivity contribution >= 4 is 19.5 Å². The third-order valence-electron chi connectivity index (χ3n) is 5.35. The van der Waals surface area contributed by atoms with Crippen molar-refractivity contribution < 1.29 is 42.5 Å². The Bertz CT molecular complexity index is 1300. The topological polar surface area (TPSA) is 184 Å². The molecule has 15 heteroatoms. The van der Waals surface area contributed by atoms with Crippen LogP contribution in [0.25, 0.3) is 0 Å². The summed E-state index contributed by atoms with van der Waals surface area (Å²) in [6, 6.07) is 6.65. The van der Waals surface area contributed by atoms with Gasteiger partial charge in [-0.15, -0.1) is 6.42 Å². The molecule has 5 N–H and O–H groups in total. The lowest BCUT2D eigenvalue weighted by molar-refractivity contribution is -0.149. The number of aromatic nitrogens is 2. The standard InChI is InChI=1S/C23H28FN4O9P/c1-5-23(18(30)17(29)20(36-23)28-11-16(24)19(25)26-22(28)32)12-34-38(33,37-15-9-7-6-8-10-15)27-14(4)21(31)35-13(2)3/h1,6-11,13-14,17-18,20,29-30H,12H2,2-4H3,(H,27,33)(H2,25,26,32)/t14-,17?,18?,20+,23+,38-/m0/s1. The second-order valence-corrected chi connectivity index (χ2v) is 10.3. The number of carbonyl (C=O) groups excluding carboxylic acids is 1. The van der Waals surface area contributed by atoms with Crippen LogP contribution in [0.3, 0.4) is 0 Å². The van der Waals surface area contributed by atoms with Crippen LogP contribution in [0.5, 0.6) is 5.75 Å². The Kier molecular flexibility index (Phi) is 8.94. The highest BCUT2D eigenvalue weighted by molar-refractivity contribution is 7.52. The highest BCUT2D eigenvalue weighted by Crippen LogP contribution is 2.47. The maximum absolute atomic E-state index is 14.0. The lowest BCUT2D eigenvalue weighted by Gasteiger charge is -2.29. The number of para-hydroxylation sites is 1. The van der Waals surface area contributed by atoms with Gasteiger partial charge in [0.2, 0.25) is 0 Å². The van der Waals surface area contributed by atoms with Crippen molar-refractivity contribution in [2.45, 2.75) is 57.0 Å². The maximum atomic E-state index is 14.0. The monoisotopic (exact) mass is 554 g/mol. The molecule has 0 spiro atoms. The number of halogens is 1. The summed E-state index contributed by atoms with van der Waals surface area (Å²) in [5, 5.41) is 23.8. The number of anilines is 1. The number of terminal acetylenes is 1. The molecule has 0 radical (unpaired) electrons. The van der Waals surface area contributed by atoms with Crippen molar-refractivity contribution in [3.8, 4) is 18.1 Å². The number of carbonyl (C=O) groups is 1. The first kappa shape index (κ1) is 29.2. The van der Waals surface area contributed by atoms with E-state index in [4.69, 9.17) is 30.7 Å². The summed E-state index contributed by atoms with van der Waals surface area (Å²) in [6.45, 7) is 3.76. The summed E-state index contributed by atoms with van der Waals surface area (Å²) in [4.78, 5) is 27.8. The molecule has 38 heavy (non-hydrogen) atoms. The van der Waals surface area contributed by atoms with Crippen molar-refractivity contribution in [3.63, 3.8) is 0 Å². The lowest BCUT2D eigenvalue weighted by atomic mass is 9.97. The summed E-state index contributed by atoms with van der Waals surface area (Å²) in [6.07, 6.45) is 0.295. The summed E-state index contributed by atoms with van der Waals surface area (Å²) in [5.41, 5.74) is 2.00. The largest absolute Gasteiger partial charge is 0.462 e. The molecule has 13 nitrogen and oxygen atoms in total. The van der Waals surface area contributed by atoms with Crippen molar-refractivity contribution in [3.05, 3.63) is 52.8 Å². The third kappa shape index (κ3) is 6.39. The molecular formula is C23H28FN4O9P. The van der Waals surface area contributed by atoms with E-state index in [0.29, 0.717) is 10.8 Å². The molecule has 1 aliphatic heterocycles. The van der Waals surface area contributed by atoms with Crippen LogP contribution in [0.15, 0.2) is 41.3 Å². The number of benzene rings is 1. The van der Waals surface area contributed by atoms with Gasteiger partial charge in [-0.2, -0.15) is 10.1 Å². The average Bonchev–Trinajstić information content (AvgIpc) is 3.11. The van der Waals surface area contributed by atoms with Crippen molar-refractivity contribution in [1.29, 1.82) is 0 Å². The van der Waals surface area contributed by atoms with Crippen molar-refractivity contribution in [2.75, 3.05) is 12.3 Å². The number of nitrogen functional groups attached to an aromatic ring is 1. The zero-order chi connectivity index (χ0) is 28.3. The molecule has 1 aliphatic rings. The molecule has 0 saturated carbocycles. The molecule has 2 aromatic rings. The first-order valence-electron chi connectivity index (χ1n) is 11.3. The fourth-order valence-electron chi connectivity index (χ4n) is 3.44. The van der Waals surface area contributed by atoms with Crippen molar-refractivity contribution in [2.24, 2.45) is 0 Å². The van der Waals surface area contributed by atoms with E-state index in [1.54, 1.807) is 32.0 Å². The second-order valence-electron chi connectivity index (χ2n) is 8.65. The van der Waals surface area contributed by atoms with Gasteiger partial charge in [-0.1, -0.05) is 24.1 Å². The minimum atomic E-state index is -4.44. The van der Waals surface area contributed by atoms with E-state index in [1.165, 1.54) is 19.1 Å². The zero-order valence-corrected chi connectivity index (χ0v) is 21.6. The van der Waals surface area contributed by atoms with Gasteiger partial charge in [-0.05, 0) is 32.9 Å². The molecule has 0 bridgehead atoms. The first-order chi connectivity index (χ1) is 17.8. The van der Waals surface area contributed by atoms with Gasteiger partial charge in [-0.3, -0.25) is 13.9 Å². The van der Waals surface area contributed by atoms with Gasteiger partial charge in [0.1, 0.15) is 30.6 Å². The summed E-state index contributed by atoms with van der Waals surface area (Å²) in [7, 11) is -4.44. The number of hydrogen-bond donors (Lipinski definition) is 4.